The number of rotatable bonds is 7. The van der Waals surface area contributed by atoms with E-state index in [1.165, 1.54) is 25.5 Å². The number of ether oxygens (including phenoxy) is 2. The molecule has 0 aromatic heterocycles. The van der Waals surface area contributed by atoms with Gasteiger partial charge < -0.3 is 14.6 Å². The first-order valence-corrected chi connectivity index (χ1v) is 10.2. The molecule has 4 rings (SSSR count). The second-order valence-corrected chi connectivity index (χ2v) is 7.35. The van der Waals surface area contributed by atoms with Gasteiger partial charge in [0.05, 0.1) is 18.9 Å². The quantitative estimate of drug-likeness (QED) is 0.293. The van der Waals surface area contributed by atoms with Crippen molar-refractivity contribution in [3.63, 3.8) is 0 Å². The fourth-order valence-corrected chi connectivity index (χ4v) is 3.38. The molecule has 0 aliphatic carbocycles. The molecule has 172 valence electrons. The molecule has 0 heterocycles. The number of phenols is 1. The van der Waals surface area contributed by atoms with Crippen molar-refractivity contribution >= 4 is 22.9 Å². The third-order valence-corrected chi connectivity index (χ3v) is 5.07. The highest BCUT2D eigenvalue weighted by atomic mass is 19.1. The van der Waals surface area contributed by atoms with E-state index in [9.17, 15) is 18.7 Å². The van der Waals surface area contributed by atoms with E-state index in [2.05, 4.69) is 10.5 Å². The molecule has 0 bridgehead atoms. The summed E-state index contributed by atoms with van der Waals surface area (Å²) in [5.74, 6) is -1.81. The lowest BCUT2D eigenvalue weighted by molar-refractivity contribution is 0.0952. The number of benzene rings is 4. The van der Waals surface area contributed by atoms with Gasteiger partial charge in [-0.1, -0.05) is 24.3 Å². The number of methoxy groups -OCH3 is 1. The molecule has 0 fully saturated rings. The molecule has 8 heteroatoms. The fraction of sp³-hybridized carbons (Fsp3) is 0.0769. The summed E-state index contributed by atoms with van der Waals surface area (Å²) in [6.07, 6.45) is 1.41. The van der Waals surface area contributed by atoms with Gasteiger partial charge >= 0.3 is 0 Å². The summed E-state index contributed by atoms with van der Waals surface area (Å²) in [5.41, 5.74) is 3.70. The number of hydrogen-bond donors (Lipinski definition) is 2. The van der Waals surface area contributed by atoms with Gasteiger partial charge in [-0.15, -0.1) is 0 Å². The van der Waals surface area contributed by atoms with Crippen molar-refractivity contribution in [2.45, 2.75) is 6.61 Å². The molecule has 0 unspecified atom stereocenters. The molecule has 6 nitrogen and oxygen atoms in total. The zero-order valence-corrected chi connectivity index (χ0v) is 18.1. The monoisotopic (exact) mass is 462 g/mol. The van der Waals surface area contributed by atoms with Gasteiger partial charge in [-0.25, -0.2) is 14.2 Å². The van der Waals surface area contributed by atoms with Crippen LogP contribution >= 0.6 is 0 Å². The average molecular weight is 462 g/mol. The van der Waals surface area contributed by atoms with Crippen molar-refractivity contribution in [1.29, 1.82) is 0 Å². The van der Waals surface area contributed by atoms with Gasteiger partial charge in [0.1, 0.15) is 23.9 Å². The Morgan fingerprint density at radius 1 is 1.00 bits per heavy atom. The molecule has 0 aliphatic heterocycles. The van der Waals surface area contributed by atoms with Crippen LogP contribution < -0.4 is 14.9 Å². The maximum Gasteiger partial charge on any atom is 0.275 e. The van der Waals surface area contributed by atoms with Crippen LogP contribution in [-0.2, 0) is 6.61 Å². The molecular weight excluding hydrogens is 442 g/mol. The predicted molar refractivity (Wildman–Crippen MR) is 124 cm³/mol. The molecule has 0 spiro atoms. The molecule has 0 atom stereocenters. The van der Waals surface area contributed by atoms with E-state index >= 15 is 0 Å². The summed E-state index contributed by atoms with van der Waals surface area (Å²) < 4.78 is 37.7. The summed E-state index contributed by atoms with van der Waals surface area (Å²) in [6.45, 7) is -0.0370. The van der Waals surface area contributed by atoms with Gasteiger partial charge in [-0.3, -0.25) is 4.79 Å². The lowest BCUT2D eigenvalue weighted by atomic mass is 10.1. The Morgan fingerprint density at radius 2 is 1.74 bits per heavy atom. The molecule has 0 aliphatic rings. The molecule has 2 N–H and O–H groups in total. The van der Waals surface area contributed by atoms with Crippen LogP contribution in [0.1, 0.15) is 21.5 Å². The van der Waals surface area contributed by atoms with Crippen LogP contribution in [0.5, 0.6) is 17.2 Å². The van der Waals surface area contributed by atoms with Crippen molar-refractivity contribution in [2.24, 2.45) is 5.10 Å². The van der Waals surface area contributed by atoms with Gasteiger partial charge in [-0.05, 0) is 58.8 Å². The van der Waals surface area contributed by atoms with Crippen molar-refractivity contribution in [1.82, 2.24) is 5.43 Å². The van der Waals surface area contributed by atoms with E-state index in [1.807, 2.05) is 24.3 Å². The van der Waals surface area contributed by atoms with E-state index in [4.69, 9.17) is 9.47 Å². The minimum atomic E-state index is -0.809. The number of carbonyl (C=O) groups excluding carboxylic acids is 1. The van der Waals surface area contributed by atoms with Gasteiger partial charge in [0.25, 0.3) is 5.91 Å². The third kappa shape index (κ3) is 5.12. The number of amides is 1. The number of fused-ring (bicyclic) bond motifs is 1. The smallest absolute Gasteiger partial charge is 0.275 e. The second kappa shape index (κ2) is 9.99. The van der Waals surface area contributed by atoms with Crippen LogP contribution in [-0.4, -0.2) is 24.3 Å². The average Bonchev–Trinajstić information content (AvgIpc) is 2.83. The van der Waals surface area contributed by atoms with E-state index in [1.54, 1.807) is 24.3 Å². The topological polar surface area (TPSA) is 80.2 Å². The summed E-state index contributed by atoms with van der Waals surface area (Å²) >= 11 is 0. The maximum absolute atomic E-state index is 13.8. The number of phenolic OH excluding ortho intramolecular Hbond substituents is 1. The van der Waals surface area contributed by atoms with Crippen LogP contribution in [0.25, 0.3) is 10.8 Å². The summed E-state index contributed by atoms with van der Waals surface area (Å²) in [4.78, 5) is 12.5. The van der Waals surface area contributed by atoms with Crippen LogP contribution in [0.4, 0.5) is 8.78 Å². The van der Waals surface area contributed by atoms with Crippen molar-refractivity contribution in [3.05, 3.63) is 101 Å². The molecule has 1 amide bonds. The lowest BCUT2D eigenvalue weighted by Crippen LogP contribution is -2.17. The SMILES string of the molecule is COc1ccc(/C=N\NC(=O)c2cc3ccccc3cc2O)cc1COc1ccc(F)cc1F. The number of carbonyl (C=O) groups is 1. The van der Waals surface area contributed by atoms with Crippen molar-refractivity contribution in [2.75, 3.05) is 7.11 Å². The van der Waals surface area contributed by atoms with Crippen LogP contribution in [0.15, 0.2) is 77.9 Å². The normalized spacial score (nSPS) is 11.0. The number of nitrogens with zero attached hydrogens (tertiary/aromatic N) is 1. The summed E-state index contributed by atoms with van der Waals surface area (Å²) in [6, 6.07) is 18.6. The highest BCUT2D eigenvalue weighted by Crippen LogP contribution is 2.25. The fourth-order valence-electron chi connectivity index (χ4n) is 3.38. The minimum Gasteiger partial charge on any atom is -0.507 e. The van der Waals surface area contributed by atoms with Crippen LogP contribution in [0, 0.1) is 11.6 Å². The molecule has 0 radical (unpaired) electrons. The Labute approximate surface area is 194 Å². The highest BCUT2D eigenvalue weighted by molar-refractivity contribution is 6.01. The number of hydrogen-bond acceptors (Lipinski definition) is 5. The van der Waals surface area contributed by atoms with Crippen molar-refractivity contribution < 1.29 is 28.2 Å². The Balaban J connectivity index is 1.46. The standard InChI is InChI=1S/C26H20F2N2O4/c1-33-24-8-6-16(10-19(24)15-34-25-9-7-20(27)13-22(25)28)14-29-30-26(32)21-11-17-4-2-3-5-18(17)12-23(21)31/h2-14,31H,15H2,1H3,(H,30,32)/b29-14-. The van der Waals surface area contributed by atoms with E-state index in [0.717, 1.165) is 22.9 Å². The zero-order valence-electron chi connectivity index (χ0n) is 18.1. The van der Waals surface area contributed by atoms with E-state index in [0.29, 0.717) is 16.9 Å². The molecule has 0 saturated heterocycles. The predicted octanol–water partition coefficient (Wildman–Crippen LogP) is 5.18. The minimum absolute atomic E-state index is 0.0370. The maximum atomic E-state index is 13.8. The molecular formula is C26H20F2N2O4. The number of aromatic hydroxyl groups is 1. The largest absolute Gasteiger partial charge is 0.507 e. The zero-order chi connectivity index (χ0) is 24.1. The first-order valence-electron chi connectivity index (χ1n) is 10.2. The first-order chi connectivity index (χ1) is 16.4. The Bertz CT molecular complexity index is 1390. The summed E-state index contributed by atoms with van der Waals surface area (Å²) in [5, 5.41) is 15.8. The third-order valence-electron chi connectivity index (χ3n) is 5.07. The van der Waals surface area contributed by atoms with Crippen molar-refractivity contribution in [3.8, 4) is 17.2 Å². The molecule has 34 heavy (non-hydrogen) atoms. The first kappa shape index (κ1) is 22.7. The van der Waals surface area contributed by atoms with Gasteiger partial charge in [0, 0.05) is 11.6 Å². The van der Waals surface area contributed by atoms with Gasteiger partial charge in [-0.2, -0.15) is 5.10 Å². The summed E-state index contributed by atoms with van der Waals surface area (Å²) in [7, 11) is 1.49. The second-order valence-electron chi connectivity index (χ2n) is 7.35. The van der Waals surface area contributed by atoms with Crippen LogP contribution in [0.2, 0.25) is 0 Å². The Morgan fingerprint density at radius 3 is 2.47 bits per heavy atom. The Hall–Kier alpha value is -4.46. The number of nitrogens with one attached hydrogen (secondary N) is 1. The van der Waals surface area contributed by atoms with Gasteiger partial charge in [0.2, 0.25) is 0 Å². The van der Waals surface area contributed by atoms with Gasteiger partial charge in [0.15, 0.2) is 11.6 Å². The molecule has 4 aromatic rings. The Kier molecular flexibility index (Phi) is 6.68. The van der Waals surface area contributed by atoms with E-state index < -0.39 is 17.5 Å². The number of hydrazone groups is 1. The number of halogens is 2. The van der Waals surface area contributed by atoms with E-state index in [-0.39, 0.29) is 23.7 Å². The lowest BCUT2D eigenvalue weighted by Gasteiger charge is -2.11. The molecule has 4 aromatic carbocycles. The highest BCUT2D eigenvalue weighted by Gasteiger charge is 2.12. The molecule has 0 saturated carbocycles. The van der Waals surface area contributed by atoms with Crippen LogP contribution in [0.3, 0.4) is 0 Å².